The van der Waals surface area contributed by atoms with E-state index < -0.39 is 16.1 Å². The first-order valence-corrected chi connectivity index (χ1v) is 13.3. The van der Waals surface area contributed by atoms with E-state index in [0.29, 0.717) is 5.56 Å². The minimum absolute atomic E-state index is 0.227. The summed E-state index contributed by atoms with van der Waals surface area (Å²) >= 11 is 0. The lowest BCUT2D eigenvalue weighted by molar-refractivity contribution is 0.0601. The average Bonchev–Trinajstić information content (AvgIpc) is 2.25. The molecule has 4 heteroatoms. The first-order chi connectivity index (χ1) is 8.05. The summed E-state index contributed by atoms with van der Waals surface area (Å²) < 4.78 is 4.86. The van der Waals surface area contributed by atoms with E-state index in [4.69, 9.17) is 4.74 Å². The molecule has 0 aliphatic rings. The van der Waals surface area contributed by atoms with Crippen LogP contribution in [-0.4, -0.2) is 29.2 Å². The van der Waals surface area contributed by atoms with Crippen molar-refractivity contribution in [1.29, 1.82) is 0 Å². The molecule has 0 aliphatic carbocycles. The van der Waals surface area contributed by atoms with Gasteiger partial charge in [-0.25, -0.2) is 4.79 Å². The number of rotatable bonds is 3. The zero-order valence-corrected chi connectivity index (χ0v) is 14.5. The van der Waals surface area contributed by atoms with Crippen LogP contribution in [-0.2, 0) is 4.74 Å². The number of ether oxygens (including phenoxy) is 1. The standard InChI is InChI=1S/C14H24O2Si2/c1-16-14(15)11-8-12(17(2,3)4)10-13(9-11)18(5,6)7/h8-10H,1-7H3. The third-order valence-electron chi connectivity index (χ3n) is 3.09. The highest BCUT2D eigenvalue weighted by molar-refractivity contribution is 6.91. The van der Waals surface area contributed by atoms with Crippen LogP contribution in [0.1, 0.15) is 10.4 Å². The molecule has 0 saturated carbocycles. The summed E-state index contributed by atoms with van der Waals surface area (Å²) in [5.74, 6) is -0.227. The molecule has 0 aromatic heterocycles. The van der Waals surface area contributed by atoms with E-state index in [2.05, 4.69) is 45.3 Å². The van der Waals surface area contributed by atoms with E-state index in [1.165, 1.54) is 17.5 Å². The van der Waals surface area contributed by atoms with Crippen molar-refractivity contribution >= 4 is 32.5 Å². The van der Waals surface area contributed by atoms with Crippen LogP contribution in [0.2, 0.25) is 39.3 Å². The smallest absolute Gasteiger partial charge is 0.337 e. The highest BCUT2D eigenvalue weighted by Crippen LogP contribution is 2.09. The third-order valence-corrected chi connectivity index (χ3v) is 7.13. The number of hydrogen-bond acceptors (Lipinski definition) is 2. The maximum Gasteiger partial charge on any atom is 0.337 e. The van der Waals surface area contributed by atoms with E-state index in [9.17, 15) is 4.79 Å². The van der Waals surface area contributed by atoms with Crippen molar-refractivity contribution in [1.82, 2.24) is 0 Å². The predicted molar refractivity (Wildman–Crippen MR) is 83.7 cm³/mol. The quantitative estimate of drug-likeness (QED) is 0.628. The van der Waals surface area contributed by atoms with Gasteiger partial charge in [-0.1, -0.05) is 55.7 Å². The largest absolute Gasteiger partial charge is 0.465 e. The maximum absolute atomic E-state index is 11.8. The van der Waals surface area contributed by atoms with Crippen molar-refractivity contribution in [2.45, 2.75) is 39.3 Å². The maximum atomic E-state index is 11.8. The third kappa shape index (κ3) is 3.56. The zero-order chi connectivity index (χ0) is 14.1. The van der Waals surface area contributed by atoms with Gasteiger partial charge in [0.25, 0.3) is 0 Å². The monoisotopic (exact) mass is 280 g/mol. The lowest BCUT2D eigenvalue weighted by Gasteiger charge is -2.23. The van der Waals surface area contributed by atoms with Crippen LogP contribution in [0, 0.1) is 0 Å². The van der Waals surface area contributed by atoms with Crippen LogP contribution in [0.3, 0.4) is 0 Å². The van der Waals surface area contributed by atoms with Crippen LogP contribution in [0.4, 0.5) is 0 Å². The van der Waals surface area contributed by atoms with E-state index in [-0.39, 0.29) is 5.97 Å². The molecular weight excluding hydrogens is 256 g/mol. The molecule has 0 spiro atoms. The van der Waals surface area contributed by atoms with Crippen LogP contribution >= 0.6 is 0 Å². The second-order valence-electron chi connectivity index (χ2n) is 6.79. The van der Waals surface area contributed by atoms with Crippen molar-refractivity contribution in [3.05, 3.63) is 23.8 Å². The van der Waals surface area contributed by atoms with Crippen molar-refractivity contribution in [3.63, 3.8) is 0 Å². The molecule has 0 bridgehead atoms. The first-order valence-electron chi connectivity index (χ1n) is 6.30. The Labute approximate surface area is 112 Å². The first kappa shape index (κ1) is 15.2. The van der Waals surface area contributed by atoms with E-state index in [1.807, 2.05) is 12.1 Å². The normalized spacial score (nSPS) is 12.4. The molecule has 0 aliphatic heterocycles. The predicted octanol–water partition coefficient (Wildman–Crippen LogP) is 2.56. The van der Waals surface area contributed by atoms with Crippen LogP contribution in [0.15, 0.2) is 18.2 Å². The van der Waals surface area contributed by atoms with Gasteiger partial charge in [-0.05, 0) is 12.1 Å². The van der Waals surface area contributed by atoms with E-state index >= 15 is 0 Å². The Morgan fingerprint density at radius 2 is 1.28 bits per heavy atom. The van der Waals surface area contributed by atoms with Gasteiger partial charge in [0, 0.05) is 0 Å². The van der Waals surface area contributed by atoms with Crippen molar-refractivity contribution in [3.8, 4) is 0 Å². The topological polar surface area (TPSA) is 26.3 Å². The Hall–Kier alpha value is -0.876. The van der Waals surface area contributed by atoms with Gasteiger partial charge < -0.3 is 4.74 Å². The molecule has 0 atom stereocenters. The van der Waals surface area contributed by atoms with Gasteiger partial charge in [0.05, 0.1) is 28.8 Å². The number of hydrogen-bond donors (Lipinski definition) is 0. The lowest BCUT2D eigenvalue weighted by Crippen LogP contribution is -2.45. The van der Waals surface area contributed by atoms with Gasteiger partial charge >= 0.3 is 5.97 Å². The SMILES string of the molecule is COC(=O)c1cc([Si](C)(C)C)cc([Si](C)(C)C)c1. The number of esters is 1. The Morgan fingerprint density at radius 3 is 1.56 bits per heavy atom. The Kier molecular flexibility index (Phi) is 4.23. The van der Waals surface area contributed by atoms with Crippen molar-refractivity contribution in [2.24, 2.45) is 0 Å². The number of benzene rings is 1. The van der Waals surface area contributed by atoms with Crippen molar-refractivity contribution in [2.75, 3.05) is 7.11 Å². The summed E-state index contributed by atoms with van der Waals surface area (Å²) in [6, 6.07) is 6.34. The number of carbonyl (C=O) groups is 1. The molecular formula is C14H24O2Si2. The van der Waals surface area contributed by atoms with Gasteiger partial charge in [0.15, 0.2) is 0 Å². The van der Waals surface area contributed by atoms with Gasteiger partial charge in [-0.2, -0.15) is 0 Å². The molecule has 0 unspecified atom stereocenters. The van der Waals surface area contributed by atoms with Gasteiger partial charge in [-0.3, -0.25) is 0 Å². The molecule has 100 valence electrons. The highest BCUT2D eigenvalue weighted by atomic mass is 28.3. The highest BCUT2D eigenvalue weighted by Gasteiger charge is 2.24. The van der Waals surface area contributed by atoms with E-state index in [1.54, 1.807) is 0 Å². The average molecular weight is 281 g/mol. The van der Waals surface area contributed by atoms with Crippen LogP contribution < -0.4 is 10.4 Å². The Morgan fingerprint density at radius 1 is 0.889 bits per heavy atom. The minimum atomic E-state index is -1.42. The van der Waals surface area contributed by atoms with Crippen LogP contribution in [0.25, 0.3) is 0 Å². The molecule has 0 N–H and O–H groups in total. The van der Waals surface area contributed by atoms with Gasteiger partial charge in [0.1, 0.15) is 0 Å². The van der Waals surface area contributed by atoms with E-state index in [0.717, 1.165) is 0 Å². The van der Waals surface area contributed by atoms with Gasteiger partial charge in [-0.15, -0.1) is 0 Å². The molecule has 18 heavy (non-hydrogen) atoms. The summed E-state index contributed by atoms with van der Waals surface area (Å²) in [6.45, 7) is 13.8. The minimum Gasteiger partial charge on any atom is -0.465 e. The van der Waals surface area contributed by atoms with Crippen LogP contribution in [0.5, 0.6) is 0 Å². The molecule has 0 saturated heterocycles. The van der Waals surface area contributed by atoms with Gasteiger partial charge in [0.2, 0.25) is 0 Å². The molecule has 0 radical (unpaired) electrons. The number of methoxy groups -OCH3 is 1. The summed E-state index contributed by atoms with van der Waals surface area (Å²) in [7, 11) is -1.40. The van der Waals surface area contributed by atoms with Crippen molar-refractivity contribution < 1.29 is 9.53 Å². The summed E-state index contributed by atoms with van der Waals surface area (Å²) in [4.78, 5) is 11.8. The fourth-order valence-corrected chi connectivity index (χ4v) is 4.23. The Bertz CT molecular complexity index is 422. The second-order valence-corrected chi connectivity index (χ2v) is 16.9. The second kappa shape index (κ2) is 5.01. The number of carbonyl (C=O) groups excluding carboxylic acids is 1. The molecule has 0 fully saturated rings. The molecule has 1 aromatic carbocycles. The summed E-state index contributed by atoms with van der Waals surface area (Å²) in [6.07, 6.45) is 0. The molecule has 1 aromatic rings. The summed E-state index contributed by atoms with van der Waals surface area (Å²) in [5, 5.41) is 2.67. The zero-order valence-electron chi connectivity index (χ0n) is 12.5. The molecule has 0 heterocycles. The molecule has 2 nitrogen and oxygen atoms in total. The summed E-state index contributed by atoms with van der Waals surface area (Å²) in [5.41, 5.74) is 0.704. The molecule has 0 amide bonds. The fourth-order valence-electron chi connectivity index (χ4n) is 1.73. The fraction of sp³-hybridized carbons (Fsp3) is 0.500. The Balaban J connectivity index is 3.44. The lowest BCUT2D eigenvalue weighted by atomic mass is 10.2. The molecule has 1 rings (SSSR count).